The van der Waals surface area contributed by atoms with Crippen molar-refractivity contribution in [3.8, 4) is 5.75 Å². The van der Waals surface area contributed by atoms with E-state index in [1.54, 1.807) is 0 Å². The molecule has 2 rings (SSSR count). The van der Waals surface area contributed by atoms with E-state index in [4.69, 9.17) is 4.43 Å². The van der Waals surface area contributed by atoms with Crippen LogP contribution in [0.3, 0.4) is 0 Å². The van der Waals surface area contributed by atoms with Crippen molar-refractivity contribution in [2.24, 2.45) is 0 Å². The standard InChI is InChI=1S/C13H17OSi/c1-13(9-5-2-6-10-13)11-7-3-4-8-12(11)14-15/h3-4,7-8H,2,5-6,9-10H2,1H3. The van der Waals surface area contributed by atoms with E-state index in [0.29, 0.717) is 5.41 Å². The Morgan fingerprint density at radius 1 is 1.13 bits per heavy atom. The van der Waals surface area contributed by atoms with Crippen LogP contribution in [0.25, 0.3) is 0 Å². The van der Waals surface area contributed by atoms with Gasteiger partial charge < -0.3 is 4.43 Å². The Labute approximate surface area is 95.4 Å². The zero-order valence-corrected chi connectivity index (χ0v) is 10.3. The first-order chi connectivity index (χ1) is 7.26. The monoisotopic (exact) mass is 217 g/mol. The Morgan fingerprint density at radius 2 is 1.80 bits per heavy atom. The average molecular weight is 217 g/mol. The third kappa shape index (κ3) is 2.10. The van der Waals surface area contributed by atoms with Gasteiger partial charge in [-0.05, 0) is 29.9 Å². The zero-order chi connectivity index (χ0) is 10.7. The summed E-state index contributed by atoms with van der Waals surface area (Å²) in [5.74, 6) is 0.971. The largest absolute Gasteiger partial charge is 0.540 e. The highest BCUT2D eigenvalue weighted by molar-refractivity contribution is 6.00. The number of hydrogen-bond acceptors (Lipinski definition) is 1. The van der Waals surface area contributed by atoms with Crippen LogP contribution in [0.5, 0.6) is 5.75 Å². The molecule has 0 saturated heterocycles. The van der Waals surface area contributed by atoms with E-state index in [2.05, 4.69) is 29.5 Å². The summed E-state index contributed by atoms with van der Waals surface area (Å²) in [6.07, 6.45) is 6.62. The third-order valence-corrected chi connectivity index (χ3v) is 3.82. The molecule has 0 unspecified atom stereocenters. The molecule has 0 aromatic heterocycles. The SMILES string of the molecule is CC1(c2ccccc2O[Si])CCCCC1. The van der Waals surface area contributed by atoms with Gasteiger partial charge in [-0.25, -0.2) is 0 Å². The van der Waals surface area contributed by atoms with Crippen LogP contribution in [-0.4, -0.2) is 10.5 Å². The zero-order valence-electron chi connectivity index (χ0n) is 9.25. The Morgan fingerprint density at radius 3 is 2.47 bits per heavy atom. The van der Waals surface area contributed by atoms with Gasteiger partial charge in [0.05, 0.1) is 0 Å². The van der Waals surface area contributed by atoms with Gasteiger partial charge in [-0.2, -0.15) is 0 Å². The van der Waals surface area contributed by atoms with Crippen molar-refractivity contribution in [3.63, 3.8) is 0 Å². The van der Waals surface area contributed by atoms with Gasteiger partial charge in [0.1, 0.15) is 5.75 Å². The molecule has 1 saturated carbocycles. The van der Waals surface area contributed by atoms with Gasteiger partial charge in [-0.15, -0.1) is 0 Å². The van der Waals surface area contributed by atoms with Crippen molar-refractivity contribution in [2.45, 2.75) is 44.4 Å². The predicted molar refractivity (Wildman–Crippen MR) is 63.3 cm³/mol. The molecule has 0 heterocycles. The molecule has 79 valence electrons. The molecule has 2 heteroatoms. The summed E-state index contributed by atoms with van der Waals surface area (Å²) < 4.78 is 5.27. The summed E-state index contributed by atoms with van der Waals surface area (Å²) in [6.45, 7) is 2.36. The molecule has 0 N–H and O–H groups in total. The fourth-order valence-corrected chi connectivity index (χ4v) is 2.83. The highest BCUT2D eigenvalue weighted by Crippen LogP contribution is 2.42. The Hall–Kier alpha value is -0.763. The predicted octanol–water partition coefficient (Wildman–Crippen LogP) is 3.37. The van der Waals surface area contributed by atoms with Crippen molar-refractivity contribution in [2.75, 3.05) is 0 Å². The second-order valence-corrected chi connectivity index (χ2v) is 4.92. The molecule has 0 aliphatic heterocycles. The maximum atomic E-state index is 5.27. The summed E-state index contributed by atoms with van der Waals surface area (Å²) >= 11 is 0. The van der Waals surface area contributed by atoms with E-state index in [1.165, 1.54) is 37.7 Å². The minimum absolute atomic E-state index is 0.307. The van der Waals surface area contributed by atoms with E-state index in [-0.39, 0.29) is 0 Å². The lowest BCUT2D eigenvalue weighted by atomic mass is 9.71. The molecule has 1 aliphatic carbocycles. The maximum absolute atomic E-state index is 5.27. The van der Waals surface area contributed by atoms with Crippen LogP contribution in [0.2, 0.25) is 0 Å². The van der Waals surface area contributed by atoms with Gasteiger partial charge in [0.15, 0.2) is 0 Å². The van der Waals surface area contributed by atoms with Gasteiger partial charge in [0.2, 0.25) is 0 Å². The quantitative estimate of drug-likeness (QED) is 0.690. The summed E-state index contributed by atoms with van der Waals surface area (Å²) in [5, 5.41) is 0. The lowest BCUT2D eigenvalue weighted by Gasteiger charge is -2.35. The Bertz CT molecular complexity index is 329. The van der Waals surface area contributed by atoms with Gasteiger partial charge in [0, 0.05) is 0 Å². The third-order valence-electron chi connectivity index (χ3n) is 3.60. The van der Waals surface area contributed by atoms with Gasteiger partial charge in [-0.1, -0.05) is 44.4 Å². The lowest BCUT2D eigenvalue weighted by Crippen LogP contribution is -2.25. The minimum Gasteiger partial charge on any atom is -0.540 e. The highest BCUT2D eigenvalue weighted by Gasteiger charge is 2.30. The van der Waals surface area contributed by atoms with Crippen LogP contribution in [-0.2, 0) is 5.41 Å². The number of hydrogen-bond donors (Lipinski definition) is 0. The number of rotatable bonds is 2. The lowest BCUT2D eigenvalue weighted by molar-refractivity contribution is 0.314. The molecule has 1 aromatic carbocycles. The van der Waals surface area contributed by atoms with Crippen molar-refractivity contribution in [1.29, 1.82) is 0 Å². The van der Waals surface area contributed by atoms with E-state index in [1.807, 2.05) is 12.1 Å². The van der Waals surface area contributed by atoms with E-state index in [9.17, 15) is 0 Å². The van der Waals surface area contributed by atoms with Crippen LogP contribution in [0.1, 0.15) is 44.6 Å². The maximum Gasteiger partial charge on any atom is 0.341 e. The smallest absolute Gasteiger partial charge is 0.341 e. The Kier molecular flexibility index (Phi) is 3.15. The van der Waals surface area contributed by atoms with Crippen molar-refractivity contribution in [1.82, 2.24) is 0 Å². The highest BCUT2D eigenvalue weighted by atomic mass is 28.2. The molecule has 1 fully saturated rings. The topological polar surface area (TPSA) is 9.23 Å². The molecule has 0 bridgehead atoms. The summed E-state index contributed by atoms with van der Waals surface area (Å²) in [6, 6.07) is 8.35. The summed E-state index contributed by atoms with van der Waals surface area (Å²) in [7, 11) is 3.15. The van der Waals surface area contributed by atoms with Crippen molar-refractivity contribution in [3.05, 3.63) is 29.8 Å². The Balaban J connectivity index is 2.34. The first-order valence-electron chi connectivity index (χ1n) is 5.69. The van der Waals surface area contributed by atoms with Crippen LogP contribution in [0.4, 0.5) is 0 Å². The van der Waals surface area contributed by atoms with E-state index in [0.717, 1.165) is 5.75 Å². The van der Waals surface area contributed by atoms with Crippen LogP contribution in [0.15, 0.2) is 24.3 Å². The molecule has 15 heavy (non-hydrogen) atoms. The van der Waals surface area contributed by atoms with E-state index < -0.39 is 0 Å². The van der Waals surface area contributed by atoms with Crippen molar-refractivity contribution >= 4 is 10.5 Å². The molecular formula is C13H17OSi. The van der Waals surface area contributed by atoms with Gasteiger partial charge in [0.25, 0.3) is 0 Å². The fraction of sp³-hybridized carbons (Fsp3) is 0.538. The molecule has 0 spiro atoms. The molecule has 0 atom stereocenters. The van der Waals surface area contributed by atoms with Gasteiger partial charge >= 0.3 is 10.5 Å². The first kappa shape index (κ1) is 10.7. The fourth-order valence-electron chi connectivity index (χ4n) is 2.66. The molecular weight excluding hydrogens is 200 g/mol. The molecule has 0 amide bonds. The number of para-hydroxylation sites is 1. The normalized spacial score (nSPS) is 19.9. The van der Waals surface area contributed by atoms with Crippen LogP contribution in [0, 0.1) is 0 Å². The van der Waals surface area contributed by atoms with Gasteiger partial charge in [-0.3, -0.25) is 0 Å². The van der Waals surface area contributed by atoms with E-state index >= 15 is 0 Å². The molecule has 1 aliphatic rings. The molecule has 1 nitrogen and oxygen atoms in total. The molecule has 1 aromatic rings. The minimum atomic E-state index is 0.307. The van der Waals surface area contributed by atoms with Crippen LogP contribution >= 0.6 is 0 Å². The number of benzene rings is 1. The molecule has 3 radical (unpaired) electrons. The summed E-state index contributed by atoms with van der Waals surface area (Å²) in [5.41, 5.74) is 1.65. The van der Waals surface area contributed by atoms with Crippen LogP contribution < -0.4 is 4.43 Å². The first-order valence-corrected chi connectivity index (χ1v) is 6.10. The second kappa shape index (κ2) is 4.39. The second-order valence-electron chi connectivity index (χ2n) is 4.72. The summed E-state index contributed by atoms with van der Waals surface area (Å²) in [4.78, 5) is 0. The average Bonchev–Trinajstić information content (AvgIpc) is 2.30. The van der Waals surface area contributed by atoms with Crippen molar-refractivity contribution < 1.29 is 4.43 Å².